The molecule has 1 N–H and O–H groups in total. The van der Waals surface area contributed by atoms with Crippen LogP contribution < -0.4 is 5.32 Å². The lowest BCUT2D eigenvalue weighted by molar-refractivity contribution is 0.0950. The second kappa shape index (κ2) is 7.75. The summed E-state index contributed by atoms with van der Waals surface area (Å²) in [4.78, 5) is 21.9. The quantitative estimate of drug-likeness (QED) is 0.552. The van der Waals surface area contributed by atoms with Crippen molar-refractivity contribution in [1.29, 1.82) is 0 Å². The topological polar surface area (TPSA) is 72.7 Å². The van der Waals surface area contributed by atoms with Crippen LogP contribution in [0.1, 0.15) is 32.7 Å². The number of aromatic nitrogens is 4. The van der Waals surface area contributed by atoms with Crippen molar-refractivity contribution in [3.05, 3.63) is 94.7 Å². The minimum absolute atomic E-state index is 0.253. The van der Waals surface area contributed by atoms with E-state index in [1.165, 1.54) is 23.9 Å². The van der Waals surface area contributed by atoms with E-state index in [9.17, 15) is 9.18 Å². The largest absolute Gasteiger partial charge is 0.348 e. The molecule has 1 amide bonds. The van der Waals surface area contributed by atoms with Crippen molar-refractivity contribution < 1.29 is 9.18 Å². The van der Waals surface area contributed by atoms with Gasteiger partial charge in [0.1, 0.15) is 5.82 Å². The zero-order chi connectivity index (χ0) is 21.4. The molecule has 2 heterocycles. The highest BCUT2D eigenvalue weighted by Crippen LogP contribution is 2.31. The Balaban J connectivity index is 1.40. The molecule has 6 nitrogen and oxygen atoms in total. The van der Waals surface area contributed by atoms with Crippen molar-refractivity contribution >= 4 is 5.91 Å². The highest BCUT2D eigenvalue weighted by atomic mass is 19.1. The summed E-state index contributed by atoms with van der Waals surface area (Å²) in [6.45, 7) is 2.12. The van der Waals surface area contributed by atoms with Crippen molar-refractivity contribution in [1.82, 2.24) is 25.1 Å². The Morgan fingerprint density at radius 3 is 2.68 bits per heavy atom. The zero-order valence-corrected chi connectivity index (χ0v) is 17.0. The lowest BCUT2D eigenvalue weighted by Crippen LogP contribution is -2.23. The molecular weight excluding hydrogens is 393 g/mol. The van der Waals surface area contributed by atoms with Crippen molar-refractivity contribution in [3.63, 3.8) is 0 Å². The number of rotatable bonds is 4. The van der Waals surface area contributed by atoms with Crippen LogP contribution in [0, 0.1) is 12.7 Å². The molecule has 31 heavy (non-hydrogen) atoms. The Kier molecular flexibility index (Phi) is 4.78. The average Bonchev–Trinajstić information content (AvgIpc) is 3.19. The number of benzene rings is 2. The molecule has 2 aromatic heterocycles. The Morgan fingerprint density at radius 2 is 1.84 bits per heavy atom. The van der Waals surface area contributed by atoms with Crippen LogP contribution in [0.15, 0.2) is 60.9 Å². The number of carbonyl (C=O) groups is 1. The number of nitrogens with one attached hydrogen (secondary N) is 1. The fourth-order valence-corrected chi connectivity index (χ4v) is 3.87. The minimum atomic E-state index is -0.306. The van der Waals surface area contributed by atoms with Gasteiger partial charge in [-0.15, -0.1) is 0 Å². The molecule has 0 saturated carbocycles. The molecule has 5 rings (SSSR count). The summed E-state index contributed by atoms with van der Waals surface area (Å²) in [5.41, 5.74) is 6.35. The number of carbonyl (C=O) groups excluding carboxylic acids is 1. The number of fused-ring (bicyclic) bond motifs is 3. The van der Waals surface area contributed by atoms with Gasteiger partial charge in [0.15, 0.2) is 0 Å². The van der Waals surface area contributed by atoms with Crippen LogP contribution in [-0.4, -0.2) is 25.7 Å². The number of hydrogen-bond donors (Lipinski definition) is 1. The third-order valence-electron chi connectivity index (χ3n) is 5.60. The number of nitrogens with zero attached hydrogens (tertiary/aromatic N) is 4. The van der Waals surface area contributed by atoms with E-state index in [0.29, 0.717) is 23.8 Å². The van der Waals surface area contributed by atoms with E-state index in [1.807, 2.05) is 25.3 Å². The summed E-state index contributed by atoms with van der Waals surface area (Å²) in [6, 6.07) is 14.3. The van der Waals surface area contributed by atoms with Gasteiger partial charge >= 0.3 is 0 Å². The van der Waals surface area contributed by atoms with Gasteiger partial charge in [0.2, 0.25) is 0 Å². The van der Waals surface area contributed by atoms with Gasteiger partial charge in [-0.1, -0.05) is 36.4 Å². The van der Waals surface area contributed by atoms with E-state index in [4.69, 9.17) is 4.98 Å². The lowest BCUT2D eigenvalue weighted by atomic mass is 9.90. The maximum atomic E-state index is 13.0. The number of aryl methyl sites for hydroxylation is 2. The maximum absolute atomic E-state index is 13.0. The second-order valence-corrected chi connectivity index (χ2v) is 7.57. The first-order chi connectivity index (χ1) is 15.1. The Labute approximate surface area is 178 Å². The molecule has 2 aromatic carbocycles. The molecule has 0 atom stereocenters. The Morgan fingerprint density at radius 1 is 1.06 bits per heavy atom. The van der Waals surface area contributed by atoms with Crippen LogP contribution in [0.2, 0.25) is 0 Å². The van der Waals surface area contributed by atoms with Crippen LogP contribution >= 0.6 is 0 Å². The molecule has 7 heteroatoms. The molecule has 0 radical (unpaired) electrons. The summed E-state index contributed by atoms with van der Waals surface area (Å²) < 4.78 is 14.6. The van der Waals surface area contributed by atoms with Crippen LogP contribution in [0.25, 0.3) is 17.2 Å². The maximum Gasteiger partial charge on any atom is 0.255 e. The normalized spacial score (nSPS) is 12.2. The predicted octanol–water partition coefficient (Wildman–Crippen LogP) is 3.81. The van der Waals surface area contributed by atoms with E-state index in [2.05, 4.69) is 27.5 Å². The first kappa shape index (κ1) is 19.1. The third-order valence-corrected chi connectivity index (χ3v) is 5.60. The first-order valence-electron chi connectivity index (χ1n) is 10.1. The van der Waals surface area contributed by atoms with Gasteiger partial charge in [-0.25, -0.2) is 19.0 Å². The summed E-state index contributed by atoms with van der Waals surface area (Å²) in [5, 5.41) is 7.21. The van der Waals surface area contributed by atoms with Crippen molar-refractivity contribution in [2.75, 3.05) is 0 Å². The van der Waals surface area contributed by atoms with Crippen molar-refractivity contribution in [3.8, 4) is 17.2 Å². The van der Waals surface area contributed by atoms with E-state index < -0.39 is 0 Å². The molecule has 1 aliphatic carbocycles. The van der Waals surface area contributed by atoms with Crippen LogP contribution in [-0.2, 0) is 19.4 Å². The van der Waals surface area contributed by atoms with E-state index in [1.54, 1.807) is 16.8 Å². The van der Waals surface area contributed by atoms with Gasteiger partial charge in [0.25, 0.3) is 11.9 Å². The smallest absolute Gasteiger partial charge is 0.255 e. The third kappa shape index (κ3) is 3.59. The highest BCUT2D eigenvalue weighted by molar-refractivity contribution is 5.95. The zero-order valence-electron chi connectivity index (χ0n) is 17.0. The second-order valence-electron chi connectivity index (χ2n) is 7.57. The lowest BCUT2D eigenvalue weighted by Gasteiger charge is -2.18. The summed E-state index contributed by atoms with van der Waals surface area (Å²) in [6.07, 6.45) is 5.25. The summed E-state index contributed by atoms with van der Waals surface area (Å²) in [7, 11) is 0. The van der Waals surface area contributed by atoms with Crippen molar-refractivity contribution in [2.45, 2.75) is 26.3 Å². The fraction of sp³-hybridized carbons (Fsp3) is 0.167. The standard InChI is InChI=1S/C24H20FN5O/c1-15-21(23(31)26-12-16-6-10-19(25)11-7-16)14-28-30(15)24-27-13-18-9-8-17-4-2-3-5-20(17)22(18)29-24/h2-7,10-11,13-14H,8-9,12H2,1H3,(H,26,31). The molecule has 154 valence electrons. The minimum Gasteiger partial charge on any atom is -0.348 e. The van der Waals surface area contributed by atoms with Crippen LogP contribution in [0.4, 0.5) is 4.39 Å². The molecule has 1 aliphatic rings. The molecule has 0 aliphatic heterocycles. The van der Waals surface area contributed by atoms with Gasteiger partial charge in [-0.3, -0.25) is 4.79 Å². The molecular formula is C24H20FN5O. The first-order valence-corrected chi connectivity index (χ1v) is 10.1. The van der Waals surface area contributed by atoms with Crippen molar-refractivity contribution in [2.24, 2.45) is 0 Å². The highest BCUT2D eigenvalue weighted by Gasteiger charge is 2.21. The molecule has 0 fully saturated rings. The van der Waals surface area contributed by atoms with E-state index >= 15 is 0 Å². The van der Waals surface area contributed by atoms with Crippen LogP contribution in [0.3, 0.4) is 0 Å². The number of hydrogen-bond acceptors (Lipinski definition) is 4. The summed E-state index contributed by atoms with van der Waals surface area (Å²) in [5.74, 6) is -0.123. The fourth-order valence-electron chi connectivity index (χ4n) is 3.87. The Bertz CT molecular complexity index is 1280. The van der Waals surface area contributed by atoms with Gasteiger partial charge in [0, 0.05) is 18.3 Å². The summed E-state index contributed by atoms with van der Waals surface area (Å²) >= 11 is 0. The number of amides is 1. The molecule has 0 saturated heterocycles. The molecule has 0 spiro atoms. The van der Waals surface area contributed by atoms with Crippen LogP contribution in [0.5, 0.6) is 0 Å². The number of halogens is 1. The average molecular weight is 413 g/mol. The predicted molar refractivity (Wildman–Crippen MR) is 114 cm³/mol. The molecule has 0 unspecified atom stereocenters. The molecule has 0 bridgehead atoms. The Hall–Kier alpha value is -3.87. The monoisotopic (exact) mass is 413 g/mol. The van der Waals surface area contributed by atoms with Gasteiger partial charge in [-0.05, 0) is 48.6 Å². The van der Waals surface area contributed by atoms with Gasteiger partial charge in [0.05, 0.1) is 23.1 Å². The SMILES string of the molecule is Cc1c(C(=O)NCc2ccc(F)cc2)cnn1-c1ncc2c(n1)-c1ccccc1CC2. The van der Waals surface area contributed by atoms with E-state index in [0.717, 1.165) is 35.2 Å². The van der Waals surface area contributed by atoms with Gasteiger partial charge in [-0.2, -0.15) is 5.10 Å². The van der Waals surface area contributed by atoms with Gasteiger partial charge < -0.3 is 5.32 Å². The molecule has 4 aromatic rings. The van der Waals surface area contributed by atoms with E-state index in [-0.39, 0.29) is 11.7 Å².